The molecule has 0 heterocycles. The van der Waals surface area contributed by atoms with Gasteiger partial charge in [0.1, 0.15) is 5.75 Å². The van der Waals surface area contributed by atoms with Gasteiger partial charge in [0.25, 0.3) is 0 Å². The van der Waals surface area contributed by atoms with E-state index in [9.17, 15) is 0 Å². The van der Waals surface area contributed by atoms with Crippen molar-refractivity contribution in [2.75, 3.05) is 12.5 Å². The molecule has 2 heteroatoms. The topological polar surface area (TPSA) is 9.23 Å². The second-order valence-corrected chi connectivity index (χ2v) is 5.72. The summed E-state index contributed by atoms with van der Waals surface area (Å²) in [5, 5.41) is 0. The van der Waals surface area contributed by atoms with E-state index in [4.69, 9.17) is 16.3 Å². The van der Waals surface area contributed by atoms with E-state index in [1.54, 1.807) is 0 Å². The minimum atomic E-state index is 0.132. The fourth-order valence-corrected chi connectivity index (χ4v) is 1.96. The standard InChI is InChI=1S/C15H23ClO/c1-15(2,3)13-9-5-6-10-14(13)17-12-8-4-7-11-16/h5-6,9-10H,4,7-8,11-12H2,1-3H3. The highest BCUT2D eigenvalue weighted by Crippen LogP contribution is 2.30. The number of benzene rings is 1. The van der Waals surface area contributed by atoms with Crippen molar-refractivity contribution in [1.82, 2.24) is 0 Å². The summed E-state index contributed by atoms with van der Waals surface area (Å²) < 4.78 is 5.87. The molecule has 1 aromatic carbocycles. The van der Waals surface area contributed by atoms with E-state index < -0.39 is 0 Å². The molecule has 0 saturated heterocycles. The Morgan fingerprint density at radius 2 is 1.76 bits per heavy atom. The van der Waals surface area contributed by atoms with Gasteiger partial charge >= 0.3 is 0 Å². The minimum absolute atomic E-state index is 0.132. The van der Waals surface area contributed by atoms with Crippen LogP contribution < -0.4 is 4.74 Å². The lowest BCUT2D eigenvalue weighted by molar-refractivity contribution is 0.298. The van der Waals surface area contributed by atoms with Gasteiger partial charge in [0.2, 0.25) is 0 Å². The smallest absolute Gasteiger partial charge is 0.123 e. The number of para-hydroxylation sites is 1. The molecule has 0 saturated carbocycles. The first kappa shape index (κ1) is 14.4. The number of alkyl halides is 1. The minimum Gasteiger partial charge on any atom is -0.493 e. The van der Waals surface area contributed by atoms with Gasteiger partial charge in [0.05, 0.1) is 6.61 Å². The average Bonchev–Trinajstić information content (AvgIpc) is 2.28. The molecule has 1 nitrogen and oxygen atoms in total. The van der Waals surface area contributed by atoms with Gasteiger partial charge in [-0.3, -0.25) is 0 Å². The van der Waals surface area contributed by atoms with Crippen LogP contribution in [0.5, 0.6) is 5.75 Å². The van der Waals surface area contributed by atoms with Gasteiger partial charge in [-0.05, 0) is 36.3 Å². The van der Waals surface area contributed by atoms with E-state index in [-0.39, 0.29) is 5.41 Å². The molecule has 0 aliphatic heterocycles. The summed E-state index contributed by atoms with van der Waals surface area (Å²) in [5.41, 5.74) is 1.41. The van der Waals surface area contributed by atoms with Gasteiger partial charge < -0.3 is 4.74 Å². The lowest BCUT2D eigenvalue weighted by Crippen LogP contribution is -2.13. The van der Waals surface area contributed by atoms with Crippen LogP contribution in [-0.4, -0.2) is 12.5 Å². The third-order valence-electron chi connectivity index (χ3n) is 2.73. The van der Waals surface area contributed by atoms with Gasteiger partial charge in [-0.2, -0.15) is 0 Å². The molecule has 0 radical (unpaired) electrons. The number of ether oxygens (including phenoxy) is 1. The lowest BCUT2D eigenvalue weighted by atomic mass is 9.86. The molecule has 0 fully saturated rings. The zero-order valence-electron chi connectivity index (χ0n) is 11.1. The maximum absolute atomic E-state index is 5.87. The van der Waals surface area contributed by atoms with Crippen LogP contribution >= 0.6 is 11.6 Å². The summed E-state index contributed by atoms with van der Waals surface area (Å²) in [4.78, 5) is 0. The quantitative estimate of drug-likeness (QED) is 0.525. The van der Waals surface area contributed by atoms with E-state index in [1.807, 2.05) is 6.07 Å². The molecule has 0 atom stereocenters. The van der Waals surface area contributed by atoms with E-state index in [0.717, 1.165) is 37.5 Å². The zero-order chi connectivity index (χ0) is 12.7. The Hall–Kier alpha value is -0.690. The SMILES string of the molecule is CC(C)(C)c1ccccc1OCCCCCCl. The Balaban J connectivity index is 2.53. The van der Waals surface area contributed by atoms with Crippen LogP contribution in [0.25, 0.3) is 0 Å². The molecular formula is C15H23ClO. The second kappa shape index (κ2) is 6.90. The summed E-state index contributed by atoms with van der Waals surface area (Å²) in [6, 6.07) is 8.31. The molecule has 0 aliphatic rings. The maximum Gasteiger partial charge on any atom is 0.123 e. The Morgan fingerprint density at radius 3 is 2.41 bits per heavy atom. The molecule has 0 bridgehead atoms. The highest BCUT2D eigenvalue weighted by atomic mass is 35.5. The predicted octanol–water partition coefficient (Wildman–Crippen LogP) is 4.77. The Morgan fingerprint density at radius 1 is 1.06 bits per heavy atom. The lowest BCUT2D eigenvalue weighted by Gasteiger charge is -2.22. The van der Waals surface area contributed by atoms with Crippen LogP contribution in [0.2, 0.25) is 0 Å². The zero-order valence-corrected chi connectivity index (χ0v) is 11.9. The molecular weight excluding hydrogens is 232 g/mol. The first-order chi connectivity index (χ1) is 8.05. The van der Waals surface area contributed by atoms with Crippen molar-refractivity contribution in [1.29, 1.82) is 0 Å². The summed E-state index contributed by atoms with van der Waals surface area (Å²) >= 11 is 5.64. The van der Waals surface area contributed by atoms with Crippen molar-refractivity contribution in [3.05, 3.63) is 29.8 Å². The highest BCUT2D eigenvalue weighted by molar-refractivity contribution is 6.17. The molecule has 96 valence electrons. The van der Waals surface area contributed by atoms with E-state index in [1.165, 1.54) is 5.56 Å². The van der Waals surface area contributed by atoms with Crippen LogP contribution in [0.15, 0.2) is 24.3 Å². The van der Waals surface area contributed by atoms with Crippen molar-refractivity contribution < 1.29 is 4.74 Å². The van der Waals surface area contributed by atoms with Crippen molar-refractivity contribution in [2.24, 2.45) is 0 Å². The third-order valence-corrected chi connectivity index (χ3v) is 3.00. The van der Waals surface area contributed by atoms with E-state index >= 15 is 0 Å². The van der Waals surface area contributed by atoms with Gasteiger partial charge in [0.15, 0.2) is 0 Å². The van der Waals surface area contributed by atoms with Gasteiger partial charge in [0, 0.05) is 5.88 Å². The Kier molecular flexibility index (Phi) is 5.84. The number of rotatable bonds is 6. The number of hydrogen-bond acceptors (Lipinski definition) is 1. The first-order valence-corrected chi connectivity index (χ1v) is 6.87. The van der Waals surface area contributed by atoms with Crippen LogP contribution in [0.1, 0.15) is 45.6 Å². The monoisotopic (exact) mass is 254 g/mol. The van der Waals surface area contributed by atoms with Gasteiger partial charge in [-0.1, -0.05) is 39.0 Å². The maximum atomic E-state index is 5.87. The normalized spacial score (nSPS) is 11.5. The number of halogens is 1. The average molecular weight is 255 g/mol. The molecule has 0 aliphatic carbocycles. The molecule has 0 aromatic heterocycles. The Labute approximate surface area is 110 Å². The van der Waals surface area contributed by atoms with Gasteiger partial charge in [-0.15, -0.1) is 11.6 Å². The highest BCUT2D eigenvalue weighted by Gasteiger charge is 2.17. The van der Waals surface area contributed by atoms with Crippen LogP contribution in [-0.2, 0) is 5.41 Å². The summed E-state index contributed by atoms with van der Waals surface area (Å²) in [6.07, 6.45) is 3.29. The van der Waals surface area contributed by atoms with Crippen LogP contribution in [0.4, 0.5) is 0 Å². The van der Waals surface area contributed by atoms with Crippen molar-refractivity contribution >= 4 is 11.6 Å². The van der Waals surface area contributed by atoms with Crippen molar-refractivity contribution in [3.63, 3.8) is 0 Å². The van der Waals surface area contributed by atoms with Crippen molar-refractivity contribution in [2.45, 2.75) is 45.4 Å². The Bertz CT molecular complexity index is 328. The van der Waals surface area contributed by atoms with Crippen LogP contribution in [0, 0.1) is 0 Å². The fourth-order valence-electron chi connectivity index (χ4n) is 1.77. The first-order valence-electron chi connectivity index (χ1n) is 6.34. The summed E-state index contributed by atoms with van der Waals surface area (Å²) in [5.74, 6) is 1.77. The summed E-state index contributed by atoms with van der Waals surface area (Å²) in [7, 11) is 0. The van der Waals surface area contributed by atoms with Gasteiger partial charge in [-0.25, -0.2) is 0 Å². The third kappa shape index (κ3) is 4.99. The molecule has 1 aromatic rings. The molecule has 0 N–H and O–H groups in total. The number of hydrogen-bond donors (Lipinski definition) is 0. The molecule has 1 rings (SSSR count). The van der Waals surface area contributed by atoms with E-state index in [0.29, 0.717) is 0 Å². The van der Waals surface area contributed by atoms with Crippen LogP contribution in [0.3, 0.4) is 0 Å². The van der Waals surface area contributed by atoms with E-state index in [2.05, 4.69) is 39.0 Å². The second-order valence-electron chi connectivity index (χ2n) is 5.34. The summed E-state index contributed by atoms with van der Waals surface area (Å²) in [6.45, 7) is 7.41. The largest absolute Gasteiger partial charge is 0.493 e. The fraction of sp³-hybridized carbons (Fsp3) is 0.600. The molecule has 17 heavy (non-hydrogen) atoms. The number of unbranched alkanes of at least 4 members (excludes halogenated alkanes) is 2. The molecule has 0 unspecified atom stereocenters. The molecule has 0 spiro atoms. The molecule has 0 amide bonds. The van der Waals surface area contributed by atoms with Crippen molar-refractivity contribution in [3.8, 4) is 5.75 Å². The predicted molar refractivity (Wildman–Crippen MR) is 75.2 cm³/mol.